The summed E-state index contributed by atoms with van der Waals surface area (Å²) in [6, 6.07) is 5.79. The number of carbonyl (C=O) groups is 1. The van der Waals surface area contributed by atoms with Gasteiger partial charge in [0, 0.05) is 22.5 Å². The van der Waals surface area contributed by atoms with E-state index in [1.165, 1.54) is 6.92 Å². The van der Waals surface area contributed by atoms with Gasteiger partial charge in [-0.15, -0.1) is 0 Å². The van der Waals surface area contributed by atoms with Gasteiger partial charge in [-0.25, -0.2) is 0 Å². The molecular weight excluding hydrogens is 346 g/mol. The molecule has 1 N–H and O–H groups in total. The van der Waals surface area contributed by atoms with Gasteiger partial charge in [0.1, 0.15) is 11.6 Å². The van der Waals surface area contributed by atoms with Gasteiger partial charge in [0.2, 0.25) is 0 Å². The summed E-state index contributed by atoms with van der Waals surface area (Å²) in [5, 5.41) is 0. The zero-order valence-corrected chi connectivity index (χ0v) is 14.7. The number of carbonyl (C=O) groups excluding carboxylic acids is 1. The highest BCUT2D eigenvalue weighted by atomic mass is 79.9. The maximum absolute atomic E-state index is 10.8. The molecule has 0 heterocycles. The van der Waals surface area contributed by atoms with Crippen molar-refractivity contribution in [3.05, 3.63) is 33.8 Å². The molecule has 1 aromatic carbocycles. The van der Waals surface area contributed by atoms with E-state index in [4.69, 9.17) is 17.0 Å². The Bertz CT molecular complexity index is 498. The van der Waals surface area contributed by atoms with Gasteiger partial charge in [-0.05, 0) is 24.8 Å². The van der Waals surface area contributed by atoms with Crippen LogP contribution in [0.5, 0.6) is 0 Å². The van der Waals surface area contributed by atoms with Crippen LogP contribution in [0.2, 0.25) is 0 Å². The fourth-order valence-electron chi connectivity index (χ4n) is 1.32. The predicted octanol–water partition coefficient (Wildman–Crippen LogP) is 3.39. The molecule has 19 heavy (non-hydrogen) atoms. The molecule has 0 saturated carbocycles. The fourth-order valence-corrected chi connectivity index (χ4v) is 3.37. The van der Waals surface area contributed by atoms with E-state index in [9.17, 15) is 4.79 Å². The molecule has 0 unspecified atom stereocenters. The number of hydrogen-bond acceptors (Lipinski definition) is 3. The third-order valence-corrected chi connectivity index (χ3v) is 4.17. The van der Waals surface area contributed by atoms with Crippen molar-refractivity contribution in [3.63, 3.8) is 0 Å². The Labute approximate surface area is 129 Å². The topological polar surface area (TPSA) is 38.3 Å². The summed E-state index contributed by atoms with van der Waals surface area (Å²) in [7, 11) is -0.892. The first-order valence-electron chi connectivity index (χ1n) is 5.61. The van der Waals surface area contributed by atoms with Crippen molar-refractivity contribution in [2.24, 2.45) is 0 Å². The van der Waals surface area contributed by atoms with Gasteiger partial charge < -0.3 is 9.46 Å². The third-order valence-electron chi connectivity index (χ3n) is 2.15. The van der Waals surface area contributed by atoms with Crippen LogP contribution in [-0.2, 0) is 16.1 Å². The van der Waals surface area contributed by atoms with Crippen LogP contribution < -0.4 is 4.72 Å². The zero-order valence-electron chi connectivity index (χ0n) is 11.5. The van der Waals surface area contributed by atoms with Gasteiger partial charge >= 0.3 is 5.97 Å². The summed E-state index contributed by atoms with van der Waals surface area (Å²) in [5.74, 6) is -0.288. The summed E-state index contributed by atoms with van der Waals surface area (Å²) >= 11 is 8.85. The van der Waals surface area contributed by atoms with E-state index in [-0.39, 0.29) is 12.6 Å². The minimum Gasteiger partial charge on any atom is -0.461 e. The number of hydrogen-bond donors (Lipinski definition) is 1. The van der Waals surface area contributed by atoms with Crippen LogP contribution in [0.25, 0.3) is 0 Å². The minimum absolute atomic E-state index is 0.265. The van der Waals surface area contributed by atoms with E-state index in [1.54, 1.807) is 0 Å². The highest BCUT2D eigenvalue weighted by Crippen LogP contribution is 2.30. The lowest BCUT2D eigenvalue weighted by molar-refractivity contribution is -0.142. The molecular formula is C13H18BrNO2S2. The van der Waals surface area contributed by atoms with Crippen LogP contribution in [0.3, 0.4) is 0 Å². The first-order valence-corrected chi connectivity index (χ1v) is 9.67. The SMILES string of the molecule is CC(=O)OCc1ccc(C(=S)NS(C)(C)C)cc1Br. The maximum atomic E-state index is 10.8. The summed E-state index contributed by atoms with van der Waals surface area (Å²) < 4.78 is 9.21. The van der Waals surface area contributed by atoms with E-state index in [0.29, 0.717) is 0 Å². The van der Waals surface area contributed by atoms with Crippen molar-refractivity contribution in [3.8, 4) is 0 Å². The molecule has 0 aliphatic heterocycles. The van der Waals surface area contributed by atoms with Crippen LogP contribution in [-0.4, -0.2) is 29.7 Å². The summed E-state index contributed by atoms with van der Waals surface area (Å²) in [6.45, 7) is 1.66. The molecule has 106 valence electrons. The van der Waals surface area contributed by atoms with Crippen molar-refractivity contribution in [1.82, 2.24) is 4.72 Å². The Morgan fingerprint density at radius 2 is 2.05 bits per heavy atom. The van der Waals surface area contributed by atoms with Crippen LogP contribution in [0.1, 0.15) is 18.1 Å². The molecule has 0 spiro atoms. The Balaban J connectivity index is 2.81. The summed E-state index contributed by atoms with van der Waals surface area (Å²) in [5.41, 5.74) is 1.88. The Morgan fingerprint density at radius 3 is 2.53 bits per heavy atom. The number of halogens is 1. The van der Waals surface area contributed by atoms with Crippen molar-refractivity contribution in [2.45, 2.75) is 13.5 Å². The molecule has 0 radical (unpaired) electrons. The second-order valence-corrected chi connectivity index (χ2v) is 10.00. The molecule has 0 aliphatic carbocycles. The largest absolute Gasteiger partial charge is 0.461 e. The molecule has 1 aromatic rings. The van der Waals surface area contributed by atoms with E-state index >= 15 is 0 Å². The first-order chi connectivity index (χ1) is 8.69. The molecule has 0 saturated heterocycles. The second-order valence-electron chi connectivity index (χ2n) is 4.85. The smallest absolute Gasteiger partial charge is 0.302 e. The van der Waals surface area contributed by atoms with Gasteiger partial charge in [-0.3, -0.25) is 4.79 Å². The van der Waals surface area contributed by atoms with Gasteiger partial charge in [0.05, 0.1) is 0 Å². The monoisotopic (exact) mass is 363 g/mol. The van der Waals surface area contributed by atoms with E-state index in [2.05, 4.69) is 39.4 Å². The van der Waals surface area contributed by atoms with E-state index in [1.807, 2.05) is 18.2 Å². The molecule has 0 fully saturated rings. The minimum atomic E-state index is -0.892. The molecule has 0 aromatic heterocycles. The molecule has 0 aliphatic rings. The molecule has 0 bridgehead atoms. The number of nitrogens with one attached hydrogen (secondary N) is 1. The standard InChI is InChI=1S/C13H18BrNO2S2/c1-9(16)17-8-11-6-5-10(7-12(11)14)13(18)15-19(2,3)4/h5-7H,8H2,1-4H3,(H,15,18). The van der Waals surface area contributed by atoms with Crippen molar-refractivity contribution in [1.29, 1.82) is 0 Å². The van der Waals surface area contributed by atoms with Crippen LogP contribution in [0.4, 0.5) is 0 Å². The Morgan fingerprint density at radius 1 is 1.42 bits per heavy atom. The van der Waals surface area contributed by atoms with E-state index < -0.39 is 10.2 Å². The highest BCUT2D eigenvalue weighted by molar-refractivity contribution is 9.10. The number of rotatable bonds is 4. The average Bonchev–Trinajstić information content (AvgIpc) is 2.24. The lowest BCUT2D eigenvalue weighted by atomic mass is 10.1. The van der Waals surface area contributed by atoms with Gasteiger partial charge in [-0.1, -0.05) is 40.3 Å². The van der Waals surface area contributed by atoms with Gasteiger partial charge in [0.15, 0.2) is 0 Å². The Hall–Kier alpha value is -0.590. The highest BCUT2D eigenvalue weighted by Gasteiger charge is 2.10. The first kappa shape index (κ1) is 16.5. The molecule has 6 heteroatoms. The lowest BCUT2D eigenvalue weighted by Crippen LogP contribution is -2.24. The average molecular weight is 364 g/mol. The molecule has 3 nitrogen and oxygen atoms in total. The van der Waals surface area contributed by atoms with Gasteiger partial charge in [0.25, 0.3) is 0 Å². The lowest BCUT2D eigenvalue weighted by Gasteiger charge is -2.28. The summed E-state index contributed by atoms with van der Waals surface area (Å²) in [4.78, 5) is 11.5. The van der Waals surface area contributed by atoms with Crippen molar-refractivity contribution in [2.75, 3.05) is 18.8 Å². The van der Waals surface area contributed by atoms with Crippen molar-refractivity contribution < 1.29 is 9.53 Å². The van der Waals surface area contributed by atoms with Crippen molar-refractivity contribution >= 4 is 49.3 Å². The normalized spacial score (nSPS) is 11.8. The summed E-state index contributed by atoms with van der Waals surface area (Å²) in [6.07, 6.45) is 6.43. The molecule has 0 atom stereocenters. The number of esters is 1. The zero-order chi connectivity index (χ0) is 14.6. The molecule has 0 amide bonds. The fraction of sp³-hybridized carbons (Fsp3) is 0.385. The van der Waals surface area contributed by atoms with Crippen LogP contribution >= 0.6 is 38.4 Å². The molecule has 1 rings (SSSR count). The number of thiocarbonyl (C=S) groups is 1. The van der Waals surface area contributed by atoms with Crippen LogP contribution in [0, 0.1) is 0 Å². The second kappa shape index (κ2) is 6.72. The number of ether oxygens (including phenoxy) is 1. The maximum Gasteiger partial charge on any atom is 0.302 e. The predicted molar refractivity (Wildman–Crippen MR) is 89.8 cm³/mol. The quantitative estimate of drug-likeness (QED) is 0.657. The van der Waals surface area contributed by atoms with Crippen LogP contribution in [0.15, 0.2) is 22.7 Å². The van der Waals surface area contributed by atoms with Gasteiger partial charge in [-0.2, -0.15) is 10.2 Å². The number of benzene rings is 1. The Kier molecular flexibility index (Phi) is 5.82. The third kappa shape index (κ3) is 5.93. The van der Waals surface area contributed by atoms with E-state index in [0.717, 1.165) is 20.6 Å².